The number of rotatable bonds is 2. The summed E-state index contributed by atoms with van der Waals surface area (Å²) in [6.45, 7) is 9.33. The Kier molecular flexibility index (Phi) is 6.24. The van der Waals surface area contributed by atoms with Crippen LogP contribution in [-0.2, 0) is 10.8 Å². The predicted molar refractivity (Wildman–Crippen MR) is 224 cm³/mol. The molecule has 0 unspecified atom stereocenters. The first-order valence-corrected chi connectivity index (χ1v) is 19.4. The van der Waals surface area contributed by atoms with Crippen molar-refractivity contribution in [2.45, 2.75) is 44.9 Å². The zero-order valence-electron chi connectivity index (χ0n) is 31.6. The minimum absolute atomic E-state index is 0.0563. The summed E-state index contributed by atoms with van der Waals surface area (Å²) in [6.07, 6.45) is 1.01. The summed E-state index contributed by atoms with van der Waals surface area (Å²) in [5, 5.41) is 0. The highest BCUT2D eigenvalue weighted by Crippen LogP contribution is 2.57. The van der Waals surface area contributed by atoms with Gasteiger partial charge in [-0.2, -0.15) is 0 Å². The SMILES string of the molecule is CC1(C)CC(C)(C)c2c1cc1c3c2Oc2cc(N4c5ccccc5Oc5ccccc54)ccc2B3c2ccc(N3c4ccccc4Oc4ccccc43)cc2O1. The van der Waals surface area contributed by atoms with Crippen molar-refractivity contribution in [3.05, 3.63) is 151 Å². The summed E-state index contributed by atoms with van der Waals surface area (Å²) < 4.78 is 27.1. The molecule has 4 aliphatic heterocycles. The van der Waals surface area contributed by atoms with E-state index in [9.17, 15) is 0 Å². The van der Waals surface area contributed by atoms with E-state index in [0.717, 1.165) is 103 Å². The second-order valence-electron chi connectivity index (χ2n) is 16.8. The second kappa shape index (κ2) is 11.0. The predicted octanol–water partition coefficient (Wildman–Crippen LogP) is 11.5. The van der Waals surface area contributed by atoms with Gasteiger partial charge in [-0.3, -0.25) is 0 Å². The molecule has 0 atom stereocenters. The Bertz CT molecular complexity index is 2740. The van der Waals surface area contributed by atoms with Crippen molar-refractivity contribution >= 4 is 57.2 Å². The number of ether oxygens (including phenoxy) is 4. The maximum absolute atomic E-state index is 7.26. The summed E-state index contributed by atoms with van der Waals surface area (Å²) in [5.41, 5.74) is 11.7. The summed E-state index contributed by atoms with van der Waals surface area (Å²) in [4.78, 5) is 4.55. The molecule has 6 nitrogen and oxygen atoms in total. The van der Waals surface area contributed by atoms with Crippen LogP contribution >= 0.6 is 0 Å². The van der Waals surface area contributed by atoms with Crippen LogP contribution in [0.4, 0.5) is 34.1 Å². The highest BCUT2D eigenvalue weighted by molar-refractivity contribution is 6.98. The number of anilines is 6. The van der Waals surface area contributed by atoms with Crippen molar-refractivity contribution in [3.8, 4) is 46.0 Å². The van der Waals surface area contributed by atoms with Gasteiger partial charge in [-0.15, -0.1) is 0 Å². The van der Waals surface area contributed by atoms with Crippen molar-refractivity contribution in [2.24, 2.45) is 0 Å². The lowest BCUT2D eigenvalue weighted by atomic mass is 9.34. The maximum atomic E-state index is 7.26. The standard InChI is InChI=1S/C49H37BN2O4/c1-48(2)28-49(3,4)45-31(48)27-44-46-47(45)56-43-26-30(52-36-15-7-11-19-40(36)54-41-20-12-8-16-37(41)52)22-24-33(43)50(46)32-23-21-29(25-42(32)55-44)51-34-13-5-9-17-38(34)53-39-18-10-6-14-35(39)51/h5-27H,28H2,1-4H3. The van der Waals surface area contributed by atoms with Gasteiger partial charge in [0.2, 0.25) is 0 Å². The van der Waals surface area contributed by atoms with Crippen molar-refractivity contribution in [3.63, 3.8) is 0 Å². The molecule has 5 aliphatic rings. The molecule has 0 N–H and O–H groups in total. The fourth-order valence-electron chi connectivity index (χ4n) is 10.3. The molecule has 0 amide bonds. The summed E-state index contributed by atoms with van der Waals surface area (Å²) in [7, 11) is 0. The van der Waals surface area contributed by atoms with E-state index in [-0.39, 0.29) is 17.5 Å². The summed E-state index contributed by atoms with van der Waals surface area (Å²) >= 11 is 0. The van der Waals surface area contributed by atoms with E-state index < -0.39 is 0 Å². The smallest absolute Gasteiger partial charge is 0.260 e. The average molecular weight is 729 g/mol. The molecule has 7 aromatic rings. The van der Waals surface area contributed by atoms with E-state index in [1.807, 2.05) is 48.5 Å². The van der Waals surface area contributed by atoms with Crippen LogP contribution in [0.3, 0.4) is 0 Å². The zero-order valence-corrected chi connectivity index (χ0v) is 31.6. The van der Waals surface area contributed by atoms with Gasteiger partial charge in [-0.05, 0) is 100 Å². The average Bonchev–Trinajstić information content (AvgIpc) is 3.40. The van der Waals surface area contributed by atoms with Crippen molar-refractivity contribution in [1.82, 2.24) is 0 Å². The quantitative estimate of drug-likeness (QED) is 0.165. The van der Waals surface area contributed by atoms with Crippen LogP contribution in [0.15, 0.2) is 140 Å². The molecule has 0 fully saturated rings. The molecule has 0 radical (unpaired) electrons. The zero-order chi connectivity index (χ0) is 37.5. The topological polar surface area (TPSA) is 43.4 Å². The number of fused-ring (bicyclic) bond motifs is 10. The van der Waals surface area contributed by atoms with Gasteiger partial charge in [-0.1, -0.05) is 88.4 Å². The van der Waals surface area contributed by atoms with Crippen LogP contribution in [0, 0.1) is 0 Å². The van der Waals surface area contributed by atoms with Gasteiger partial charge < -0.3 is 28.7 Å². The first-order valence-electron chi connectivity index (χ1n) is 19.4. The molecule has 4 heterocycles. The minimum Gasteiger partial charge on any atom is -0.458 e. The molecule has 7 heteroatoms. The third-order valence-corrected chi connectivity index (χ3v) is 12.3. The summed E-state index contributed by atoms with van der Waals surface area (Å²) in [5.74, 6) is 6.79. The van der Waals surface area contributed by atoms with Gasteiger partial charge in [0.15, 0.2) is 23.0 Å². The van der Waals surface area contributed by atoms with Crippen LogP contribution in [0.25, 0.3) is 0 Å². The van der Waals surface area contributed by atoms with E-state index in [0.29, 0.717) is 0 Å². The van der Waals surface area contributed by atoms with Crippen LogP contribution in [-0.4, -0.2) is 6.71 Å². The van der Waals surface area contributed by atoms with Crippen LogP contribution < -0.4 is 45.1 Å². The van der Waals surface area contributed by atoms with Gasteiger partial charge in [0, 0.05) is 23.2 Å². The molecule has 0 spiro atoms. The first-order chi connectivity index (χ1) is 27.2. The number of para-hydroxylation sites is 8. The van der Waals surface area contributed by atoms with Gasteiger partial charge in [0.1, 0.15) is 23.0 Å². The Balaban J connectivity index is 1.06. The molecule has 0 aromatic heterocycles. The summed E-state index contributed by atoms with van der Waals surface area (Å²) in [6, 6.07) is 48.5. The molecule has 12 rings (SSSR count). The third-order valence-electron chi connectivity index (χ3n) is 12.3. The fraction of sp³-hybridized carbons (Fsp3) is 0.143. The number of nitrogens with zero attached hydrogens (tertiary/aromatic N) is 2. The molecular formula is C49H37BN2O4. The molecule has 56 heavy (non-hydrogen) atoms. The molecule has 0 saturated carbocycles. The van der Waals surface area contributed by atoms with Crippen LogP contribution in [0.2, 0.25) is 0 Å². The number of hydrogen-bond donors (Lipinski definition) is 0. The minimum atomic E-state index is -0.0911. The third kappa shape index (κ3) is 4.34. The monoisotopic (exact) mass is 728 g/mol. The van der Waals surface area contributed by atoms with Crippen molar-refractivity contribution < 1.29 is 18.9 Å². The largest absolute Gasteiger partial charge is 0.458 e. The Morgan fingerprint density at radius 3 is 1.36 bits per heavy atom. The lowest BCUT2D eigenvalue weighted by molar-refractivity contribution is 0.394. The molecule has 1 aliphatic carbocycles. The van der Waals surface area contributed by atoms with E-state index >= 15 is 0 Å². The molecule has 0 bridgehead atoms. The number of benzene rings is 7. The van der Waals surface area contributed by atoms with Gasteiger partial charge in [0.25, 0.3) is 6.71 Å². The fourth-order valence-corrected chi connectivity index (χ4v) is 10.3. The van der Waals surface area contributed by atoms with Crippen LogP contribution in [0.5, 0.6) is 46.0 Å². The molecule has 270 valence electrons. The molecule has 7 aromatic carbocycles. The van der Waals surface area contributed by atoms with Gasteiger partial charge in [0.05, 0.1) is 34.1 Å². The lowest BCUT2D eigenvalue weighted by Crippen LogP contribution is -2.57. The highest BCUT2D eigenvalue weighted by atomic mass is 16.5. The first kappa shape index (κ1) is 31.7. The number of hydrogen-bond acceptors (Lipinski definition) is 6. The highest BCUT2D eigenvalue weighted by Gasteiger charge is 2.50. The normalized spacial score (nSPS) is 16.5. The Labute approximate surface area is 326 Å². The van der Waals surface area contributed by atoms with Crippen molar-refractivity contribution in [1.29, 1.82) is 0 Å². The van der Waals surface area contributed by atoms with Crippen molar-refractivity contribution in [2.75, 3.05) is 9.80 Å². The van der Waals surface area contributed by atoms with E-state index in [1.165, 1.54) is 11.1 Å². The maximum Gasteiger partial charge on any atom is 0.260 e. The molecule has 0 saturated heterocycles. The van der Waals surface area contributed by atoms with Gasteiger partial charge >= 0.3 is 0 Å². The lowest BCUT2D eigenvalue weighted by Gasteiger charge is -2.38. The Morgan fingerprint density at radius 1 is 0.446 bits per heavy atom. The van der Waals surface area contributed by atoms with Crippen LogP contribution in [0.1, 0.15) is 45.2 Å². The van der Waals surface area contributed by atoms with E-state index in [1.54, 1.807) is 0 Å². The Morgan fingerprint density at radius 2 is 0.875 bits per heavy atom. The van der Waals surface area contributed by atoms with E-state index in [2.05, 4.69) is 128 Å². The van der Waals surface area contributed by atoms with E-state index in [4.69, 9.17) is 18.9 Å². The molecular weight excluding hydrogens is 691 g/mol. The second-order valence-corrected chi connectivity index (χ2v) is 16.8. The van der Waals surface area contributed by atoms with Gasteiger partial charge in [-0.25, -0.2) is 0 Å². The Hall–Kier alpha value is -6.60.